The molecule has 104 valence electrons. The highest BCUT2D eigenvalue weighted by Gasteiger charge is 2.19. The lowest BCUT2D eigenvalue weighted by Crippen LogP contribution is -2.14. The highest BCUT2D eigenvalue weighted by molar-refractivity contribution is 6.11. The van der Waals surface area contributed by atoms with Gasteiger partial charge in [-0.3, -0.25) is 4.79 Å². The molecule has 1 unspecified atom stereocenters. The second-order valence-electron chi connectivity index (χ2n) is 5.03. The summed E-state index contributed by atoms with van der Waals surface area (Å²) in [5.74, 6) is 0.475. The lowest BCUT2D eigenvalue weighted by atomic mass is 9.91. The van der Waals surface area contributed by atoms with Crippen LogP contribution in [0, 0.1) is 5.92 Å². The highest BCUT2D eigenvalue weighted by Crippen LogP contribution is 2.30. The third-order valence-electron chi connectivity index (χ3n) is 3.41. The smallest absolute Gasteiger partial charge is 0.166 e. The first-order valence-corrected chi connectivity index (χ1v) is 6.64. The Morgan fingerprint density at radius 1 is 1.10 bits per heavy atom. The number of ether oxygens (including phenoxy) is 1. The van der Waals surface area contributed by atoms with Gasteiger partial charge >= 0.3 is 0 Å². The summed E-state index contributed by atoms with van der Waals surface area (Å²) in [5, 5.41) is 1.78. The molecule has 0 N–H and O–H groups in total. The molecule has 3 nitrogen and oxygen atoms in total. The zero-order chi connectivity index (χ0) is 14.7. The summed E-state index contributed by atoms with van der Waals surface area (Å²) < 4.78 is 5.32. The molecular formula is C17H18O3. The van der Waals surface area contributed by atoms with E-state index in [1.807, 2.05) is 24.3 Å². The first-order valence-electron chi connectivity index (χ1n) is 6.64. The molecule has 0 spiro atoms. The number of methoxy groups -OCH3 is 1. The van der Waals surface area contributed by atoms with Crippen LogP contribution >= 0.6 is 0 Å². The molecule has 2 aromatic rings. The maximum Gasteiger partial charge on any atom is 0.166 e. The van der Waals surface area contributed by atoms with Crippen molar-refractivity contribution in [2.45, 2.75) is 20.3 Å². The zero-order valence-electron chi connectivity index (χ0n) is 12.0. The van der Waals surface area contributed by atoms with Crippen LogP contribution in [-0.2, 0) is 4.79 Å². The first kappa shape index (κ1) is 14.3. The highest BCUT2D eigenvalue weighted by atomic mass is 16.5. The van der Waals surface area contributed by atoms with E-state index >= 15 is 0 Å². The summed E-state index contributed by atoms with van der Waals surface area (Å²) >= 11 is 0. The van der Waals surface area contributed by atoms with Gasteiger partial charge in [0.15, 0.2) is 5.78 Å². The van der Waals surface area contributed by atoms with E-state index in [9.17, 15) is 9.59 Å². The maximum absolute atomic E-state index is 12.5. The van der Waals surface area contributed by atoms with Gasteiger partial charge in [0.2, 0.25) is 0 Å². The van der Waals surface area contributed by atoms with Gasteiger partial charge < -0.3 is 9.53 Å². The number of carbonyl (C=O) groups is 2. The first-order chi connectivity index (χ1) is 9.54. The van der Waals surface area contributed by atoms with Crippen molar-refractivity contribution >= 4 is 22.3 Å². The number of benzene rings is 2. The molecule has 0 amide bonds. The molecule has 0 bridgehead atoms. The molecule has 2 rings (SSSR count). The third kappa shape index (κ3) is 2.72. The lowest BCUT2D eigenvalue weighted by Gasteiger charge is -2.13. The Hall–Kier alpha value is -2.16. The van der Waals surface area contributed by atoms with Crippen molar-refractivity contribution in [3.05, 3.63) is 42.0 Å². The normalized spacial score (nSPS) is 12.2. The largest absolute Gasteiger partial charge is 0.496 e. The third-order valence-corrected chi connectivity index (χ3v) is 3.41. The van der Waals surface area contributed by atoms with Gasteiger partial charge in [0, 0.05) is 23.3 Å². The van der Waals surface area contributed by atoms with E-state index < -0.39 is 0 Å². The summed E-state index contributed by atoms with van der Waals surface area (Å²) in [4.78, 5) is 23.7. The molecule has 0 saturated carbocycles. The quantitative estimate of drug-likeness (QED) is 0.779. The second-order valence-corrected chi connectivity index (χ2v) is 5.03. The van der Waals surface area contributed by atoms with Crippen molar-refractivity contribution in [3.63, 3.8) is 0 Å². The number of hydrogen-bond donors (Lipinski definition) is 0. The van der Waals surface area contributed by atoms with Crippen LogP contribution in [0.4, 0.5) is 0 Å². The van der Waals surface area contributed by atoms with E-state index in [2.05, 4.69) is 0 Å². The van der Waals surface area contributed by atoms with Crippen LogP contribution in [-0.4, -0.2) is 18.7 Å². The minimum atomic E-state index is -0.302. The van der Waals surface area contributed by atoms with E-state index in [0.29, 0.717) is 5.56 Å². The van der Waals surface area contributed by atoms with Crippen molar-refractivity contribution in [1.82, 2.24) is 0 Å². The standard InChI is InChI=1S/C17H18O3/c1-11(10-12(2)18)17(19)15-8-9-16(20-3)14-7-5-4-6-13(14)15/h4-9,11H,10H2,1-3H3. The van der Waals surface area contributed by atoms with E-state index in [1.165, 1.54) is 6.92 Å². The van der Waals surface area contributed by atoms with E-state index in [4.69, 9.17) is 4.74 Å². The van der Waals surface area contributed by atoms with Crippen LogP contribution in [0.5, 0.6) is 5.75 Å². The van der Waals surface area contributed by atoms with Crippen molar-refractivity contribution in [2.24, 2.45) is 5.92 Å². The van der Waals surface area contributed by atoms with E-state index in [0.717, 1.165) is 16.5 Å². The summed E-state index contributed by atoms with van der Waals surface area (Å²) in [6, 6.07) is 11.2. The van der Waals surface area contributed by atoms with Gasteiger partial charge in [0.1, 0.15) is 11.5 Å². The van der Waals surface area contributed by atoms with E-state index in [-0.39, 0.29) is 23.9 Å². The summed E-state index contributed by atoms with van der Waals surface area (Å²) in [6.07, 6.45) is 0.277. The molecule has 0 aliphatic carbocycles. The average Bonchev–Trinajstić information content (AvgIpc) is 2.44. The van der Waals surface area contributed by atoms with Gasteiger partial charge in [-0.05, 0) is 24.4 Å². The topological polar surface area (TPSA) is 43.4 Å². The molecule has 0 fully saturated rings. The van der Waals surface area contributed by atoms with Gasteiger partial charge in [-0.2, -0.15) is 0 Å². The monoisotopic (exact) mass is 270 g/mol. The van der Waals surface area contributed by atoms with Crippen molar-refractivity contribution in [1.29, 1.82) is 0 Å². The molecule has 0 aromatic heterocycles. The number of carbonyl (C=O) groups excluding carboxylic acids is 2. The van der Waals surface area contributed by atoms with Gasteiger partial charge in [0.25, 0.3) is 0 Å². The molecule has 0 heterocycles. The fourth-order valence-corrected chi connectivity index (χ4v) is 2.45. The minimum absolute atomic E-state index is 0.000877. The van der Waals surface area contributed by atoms with E-state index in [1.54, 1.807) is 26.2 Å². The Bertz CT molecular complexity index is 658. The molecule has 3 heteroatoms. The molecule has 0 radical (unpaired) electrons. The Kier molecular flexibility index (Phi) is 4.18. The number of rotatable bonds is 5. The number of fused-ring (bicyclic) bond motifs is 1. The molecular weight excluding hydrogens is 252 g/mol. The Morgan fingerprint density at radius 3 is 2.35 bits per heavy atom. The molecule has 2 aromatic carbocycles. The van der Waals surface area contributed by atoms with Gasteiger partial charge in [-0.25, -0.2) is 0 Å². The van der Waals surface area contributed by atoms with Crippen molar-refractivity contribution in [3.8, 4) is 5.75 Å². The fourth-order valence-electron chi connectivity index (χ4n) is 2.45. The summed E-state index contributed by atoms with van der Waals surface area (Å²) in [6.45, 7) is 3.30. The maximum atomic E-state index is 12.5. The van der Waals surface area contributed by atoms with Crippen LogP contribution in [0.25, 0.3) is 10.8 Å². The molecule has 1 atom stereocenters. The Balaban J connectivity index is 2.50. The molecule has 0 saturated heterocycles. The van der Waals surface area contributed by atoms with Crippen molar-refractivity contribution < 1.29 is 14.3 Å². The van der Waals surface area contributed by atoms with Crippen molar-refractivity contribution in [2.75, 3.05) is 7.11 Å². The second kappa shape index (κ2) is 5.87. The lowest BCUT2D eigenvalue weighted by molar-refractivity contribution is -0.117. The van der Waals surface area contributed by atoms with Crippen LogP contribution in [0.15, 0.2) is 36.4 Å². The number of hydrogen-bond acceptors (Lipinski definition) is 3. The molecule has 0 aliphatic rings. The number of ketones is 2. The van der Waals surface area contributed by atoms with Crippen LogP contribution < -0.4 is 4.74 Å². The molecule has 20 heavy (non-hydrogen) atoms. The van der Waals surface area contributed by atoms with Crippen LogP contribution in [0.2, 0.25) is 0 Å². The Labute approximate surface area is 118 Å². The van der Waals surface area contributed by atoms with Gasteiger partial charge in [0.05, 0.1) is 7.11 Å². The summed E-state index contributed by atoms with van der Waals surface area (Å²) in [7, 11) is 1.61. The minimum Gasteiger partial charge on any atom is -0.496 e. The Morgan fingerprint density at radius 2 is 1.75 bits per heavy atom. The summed E-state index contributed by atoms with van der Waals surface area (Å²) in [5.41, 5.74) is 0.648. The molecule has 0 aliphatic heterocycles. The fraction of sp³-hybridized carbons (Fsp3) is 0.294. The van der Waals surface area contributed by atoms with Crippen LogP contribution in [0.1, 0.15) is 30.6 Å². The van der Waals surface area contributed by atoms with Crippen LogP contribution in [0.3, 0.4) is 0 Å². The SMILES string of the molecule is COc1ccc(C(=O)C(C)CC(C)=O)c2ccccc12. The van der Waals surface area contributed by atoms with Gasteiger partial charge in [-0.1, -0.05) is 31.2 Å². The predicted molar refractivity (Wildman–Crippen MR) is 79.3 cm³/mol. The zero-order valence-corrected chi connectivity index (χ0v) is 12.0. The predicted octanol–water partition coefficient (Wildman–Crippen LogP) is 3.65. The number of Topliss-reactive ketones (excluding diaryl/α,β-unsaturated/α-hetero) is 2. The average molecular weight is 270 g/mol. The van der Waals surface area contributed by atoms with Gasteiger partial charge in [-0.15, -0.1) is 0 Å².